The van der Waals surface area contributed by atoms with Crippen LogP contribution < -0.4 is 9.47 Å². The standard InChI is InChI=1S/C21H18N2O6/c1-4-10-28-19-14(6-5-7-18(19)27-3)11-16-21(24)29-20(22-16)15-9-8-13(2)17(12-15)23(25)26/h4-9,11-12H,1,10H2,2-3H3/b16-11-. The summed E-state index contributed by atoms with van der Waals surface area (Å²) in [6.07, 6.45) is 3.10. The van der Waals surface area contributed by atoms with Crippen molar-refractivity contribution in [2.75, 3.05) is 13.7 Å². The van der Waals surface area contributed by atoms with Crippen LogP contribution in [0.2, 0.25) is 0 Å². The molecule has 2 aromatic rings. The lowest BCUT2D eigenvalue weighted by atomic mass is 10.1. The highest BCUT2D eigenvalue weighted by Crippen LogP contribution is 2.33. The summed E-state index contributed by atoms with van der Waals surface area (Å²) < 4.78 is 16.2. The molecule has 8 heteroatoms. The van der Waals surface area contributed by atoms with Gasteiger partial charge in [-0.15, -0.1) is 0 Å². The Morgan fingerprint density at radius 1 is 1.31 bits per heavy atom. The van der Waals surface area contributed by atoms with Gasteiger partial charge in [-0.25, -0.2) is 9.79 Å². The molecule has 0 saturated heterocycles. The Hall–Kier alpha value is -3.94. The molecule has 0 N–H and O–H groups in total. The predicted molar refractivity (Wildman–Crippen MR) is 107 cm³/mol. The molecule has 1 aliphatic rings. The smallest absolute Gasteiger partial charge is 0.363 e. The van der Waals surface area contributed by atoms with Crippen LogP contribution in [0.5, 0.6) is 11.5 Å². The fraction of sp³-hybridized carbons (Fsp3) is 0.143. The number of hydrogen-bond acceptors (Lipinski definition) is 7. The third-order valence-corrected chi connectivity index (χ3v) is 4.14. The van der Waals surface area contributed by atoms with E-state index in [1.54, 1.807) is 43.3 Å². The zero-order valence-electron chi connectivity index (χ0n) is 15.9. The average Bonchev–Trinajstić information content (AvgIpc) is 3.07. The van der Waals surface area contributed by atoms with Crippen LogP contribution in [0.4, 0.5) is 5.69 Å². The van der Waals surface area contributed by atoms with Gasteiger partial charge in [-0.2, -0.15) is 0 Å². The number of para-hydroxylation sites is 1. The van der Waals surface area contributed by atoms with Gasteiger partial charge in [-0.3, -0.25) is 10.1 Å². The minimum absolute atomic E-state index is 0.000746. The first kappa shape index (κ1) is 19.8. The minimum atomic E-state index is -0.666. The molecule has 1 heterocycles. The molecule has 0 aliphatic carbocycles. The third-order valence-electron chi connectivity index (χ3n) is 4.14. The molecule has 0 bridgehead atoms. The zero-order chi connectivity index (χ0) is 21.0. The number of nitro benzene ring substituents is 1. The van der Waals surface area contributed by atoms with Crippen LogP contribution in [0, 0.1) is 17.0 Å². The minimum Gasteiger partial charge on any atom is -0.493 e. The molecular formula is C21H18N2O6. The maximum atomic E-state index is 12.3. The van der Waals surface area contributed by atoms with Gasteiger partial charge < -0.3 is 14.2 Å². The predicted octanol–water partition coefficient (Wildman–Crippen LogP) is 3.82. The Labute approximate surface area is 166 Å². The van der Waals surface area contributed by atoms with E-state index in [0.29, 0.717) is 28.2 Å². The topological polar surface area (TPSA) is 100 Å². The van der Waals surface area contributed by atoms with Gasteiger partial charge in [0, 0.05) is 22.8 Å². The Morgan fingerprint density at radius 2 is 2.10 bits per heavy atom. The van der Waals surface area contributed by atoms with E-state index in [-0.39, 0.29) is 23.9 Å². The van der Waals surface area contributed by atoms with Crippen molar-refractivity contribution in [3.05, 3.63) is 81.6 Å². The summed E-state index contributed by atoms with van der Waals surface area (Å²) in [7, 11) is 1.51. The van der Waals surface area contributed by atoms with E-state index < -0.39 is 10.9 Å². The van der Waals surface area contributed by atoms with E-state index in [0.717, 1.165) is 0 Å². The van der Waals surface area contributed by atoms with Gasteiger partial charge in [0.15, 0.2) is 17.2 Å². The second kappa shape index (κ2) is 8.39. The average molecular weight is 394 g/mol. The lowest BCUT2D eigenvalue weighted by molar-refractivity contribution is -0.385. The molecule has 3 rings (SSSR count). The lowest BCUT2D eigenvalue weighted by Crippen LogP contribution is -2.06. The molecule has 0 fully saturated rings. The van der Waals surface area contributed by atoms with Gasteiger partial charge in [-0.05, 0) is 25.1 Å². The molecule has 8 nitrogen and oxygen atoms in total. The summed E-state index contributed by atoms with van der Waals surface area (Å²) >= 11 is 0. The Balaban J connectivity index is 2.01. The number of esters is 1. The summed E-state index contributed by atoms with van der Waals surface area (Å²) in [5.74, 6) is 0.261. The van der Waals surface area contributed by atoms with Gasteiger partial charge >= 0.3 is 5.97 Å². The van der Waals surface area contributed by atoms with Crippen molar-refractivity contribution in [2.24, 2.45) is 4.99 Å². The van der Waals surface area contributed by atoms with Crippen molar-refractivity contribution in [2.45, 2.75) is 6.92 Å². The highest BCUT2D eigenvalue weighted by molar-refractivity contribution is 6.13. The summed E-state index contributed by atoms with van der Waals surface area (Å²) in [5.41, 5.74) is 1.37. The Morgan fingerprint density at radius 3 is 2.79 bits per heavy atom. The summed E-state index contributed by atoms with van der Waals surface area (Å²) in [4.78, 5) is 27.2. The third kappa shape index (κ3) is 4.16. The first-order valence-corrected chi connectivity index (χ1v) is 8.63. The molecule has 0 aromatic heterocycles. The number of methoxy groups -OCH3 is 1. The largest absolute Gasteiger partial charge is 0.493 e. The Kier molecular flexibility index (Phi) is 5.73. The Bertz CT molecular complexity index is 1060. The monoisotopic (exact) mass is 394 g/mol. The number of benzene rings is 2. The van der Waals surface area contributed by atoms with E-state index in [2.05, 4.69) is 11.6 Å². The molecule has 29 heavy (non-hydrogen) atoms. The van der Waals surface area contributed by atoms with Crippen molar-refractivity contribution in [1.82, 2.24) is 0 Å². The molecule has 2 aromatic carbocycles. The quantitative estimate of drug-likeness (QED) is 0.233. The first-order chi connectivity index (χ1) is 13.9. The van der Waals surface area contributed by atoms with E-state index in [4.69, 9.17) is 14.2 Å². The molecule has 0 saturated carbocycles. The highest BCUT2D eigenvalue weighted by Gasteiger charge is 2.26. The number of cyclic esters (lactones) is 1. The molecule has 0 unspecified atom stereocenters. The molecule has 148 valence electrons. The zero-order valence-corrected chi connectivity index (χ0v) is 15.9. The van der Waals surface area contributed by atoms with Crippen LogP contribution in [0.15, 0.2) is 59.7 Å². The molecule has 0 amide bonds. The molecule has 0 atom stereocenters. The molecule has 0 radical (unpaired) electrons. The normalized spacial score (nSPS) is 14.3. The van der Waals surface area contributed by atoms with Crippen LogP contribution in [-0.4, -0.2) is 30.5 Å². The molecule has 0 spiro atoms. The van der Waals surface area contributed by atoms with Crippen LogP contribution >= 0.6 is 0 Å². The van der Waals surface area contributed by atoms with Crippen molar-refractivity contribution in [3.63, 3.8) is 0 Å². The van der Waals surface area contributed by atoms with Gasteiger partial charge in [0.1, 0.15) is 6.61 Å². The fourth-order valence-corrected chi connectivity index (χ4v) is 2.72. The summed E-state index contributed by atoms with van der Waals surface area (Å²) in [5, 5.41) is 11.2. The van der Waals surface area contributed by atoms with Crippen LogP contribution in [0.1, 0.15) is 16.7 Å². The SMILES string of the molecule is C=CCOc1c(/C=C2\N=C(c3ccc(C)c([N+](=O)[O-])c3)OC2=O)cccc1OC. The second-order valence-corrected chi connectivity index (χ2v) is 6.07. The van der Waals surface area contributed by atoms with E-state index in [9.17, 15) is 14.9 Å². The number of rotatable bonds is 7. The van der Waals surface area contributed by atoms with Crippen molar-refractivity contribution < 1.29 is 23.9 Å². The number of carbonyl (C=O) groups excluding carboxylic acids is 1. The number of nitro groups is 1. The second-order valence-electron chi connectivity index (χ2n) is 6.07. The van der Waals surface area contributed by atoms with E-state index in [1.165, 1.54) is 19.3 Å². The van der Waals surface area contributed by atoms with E-state index >= 15 is 0 Å². The summed E-state index contributed by atoms with van der Waals surface area (Å²) in [6, 6.07) is 9.74. The number of aryl methyl sites for hydroxylation is 1. The van der Waals surface area contributed by atoms with Crippen LogP contribution in [0.25, 0.3) is 6.08 Å². The van der Waals surface area contributed by atoms with Gasteiger partial charge in [0.25, 0.3) is 5.69 Å². The van der Waals surface area contributed by atoms with Crippen LogP contribution in [-0.2, 0) is 9.53 Å². The summed E-state index contributed by atoms with van der Waals surface area (Å²) in [6.45, 7) is 5.50. The van der Waals surface area contributed by atoms with Crippen molar-refractivity contribution >= 4 is 23.6 Å². The molecule has 1 aliphatic heterocycles. The van der Waals surface area contributed by atoms with Gasteiger partial charge in [-0.1, -0.05) is 30.9 Å². The number of hydrogen-bond donors (Lipinski definition) is 0. The lowest BCUT2D eigenvalue weighted by Gasteiger charge is -2.12. The van der Waals surface area contributed by atoms with Crippen molar-refractivity contribution in [3.8, 4) is 11.5 Å². The van der Waals surface area contributed by atoms with E-state index in [1.807, 2.05) is 0 Å². The van der Waals surface area contributed by atoms with Gasteiger partial charge in [0.05, 0.1) is 12.0 Å². The fourth-order valence-electron chi connectivity index (χ4n) is 2.72. The number of ether oxygens (including phenoxy) is 3. The maximum Gasteiger partial charge on any atom is 0.363 e. The van der Waals surface area contributed by atoms with Gasteiger partial charge in [0.2, 0.25) is 5.90 Å². The number of nitrogens with zero attached hydrogens (tertiary/aromatic N) is 2. The first-order valence-electron chi connectivity index (χ1n) is 8.63. The highest BCUT2D eigenvalue weighted by atomic mass is 16.6. The van der Waals surface area contributed by atoms with Crippen molar-refractivity contribution in [1.29, 1.82) is 0 Å². The maximum absolute atomic E-state index is 12.3. The number of carbonyl (C=O) groups is 1. The number of aliphatic imine (C=N–C) groups is 1. The van der Waals surface area contributed by atoms with Crippen LogP contribution in [0.3, 0.4) is 0 Å². The molecular weight excluding hydrogens is 376 g/mol.